The quantitative estimate of drug-likeness (QED) is 0.199. The number of aryl methyl sites for hydroxylation is 1. The molecule has 0 fully saturated rings. The molecule has 0 radical (unpaired) electrons. The number of benzene rings is 2. The number of amides is 1. The standard InChI is InChI=1S/C26H19ClF5N3O4S2/c1-13-21(10-23(40-13)25(36)34-19-6-16(27)7-20(9-19)35-41(2,37)38)24-22(8-18(29)11-33-24)39-12-14-3-15(26(30,31)32)5-17(28)4-14/h3-11,35H,12H2,1-2H3,(H,34,36). The Kier molecular flexibility index (Phi) is 8.57. The molecule has 0 atom stereocenters. The third-order valence-electron chi connectivity index (χ3n) is 5.35. The van der Waals surface area contributed by atoms with Gasteiger partial charge in [-0.2, -0.15) is 13.2 Å². The van der Waals surface area contributed by atoms with Crippen LogP contribution in [0, 0.1) is 18.6 Å². The van der Waals surface area contributed by atoms with E-state index in [1.807, 2.05) is 0 Å². The van der Waals surface area contributed by atoms with E-state index in [0.29, 0.717) is 16.5 Å². The summed E-state index contributed by atoms with van der Waals surface area (Å²) >= 11 is 7.12. The number of sulfonamides is 1. The van der Waals surface area contributed by atoms with Crippen molar-refractivity contribution in [3.05, 3.63) is 92.3 Å². The van der Waals surface area contributed by atoms with E-state index in [-0.39, 0.29) is 38.3 Å². The van der Waals surface area contributed by atoms with Gasteiger partial charge in [0.1, 0.15) is 29.7 Å². The van der Waals surface area contributed by atoms with Crippen molar-refractivity contribution in [1.82, 2.24) is 4.98 Å². The molecule has 41 heavy (non-hydrogen) atoms. The van der Waals surface area contributed by atoms with Gasteiger partial charge in [-0.3, -0.25) is 9.52 Å². The fourth-order valence-electron chi connectivity index (χ4n) is 3.75. The number of hydrogen-bond acceptors (Lipinski definition) is 6. The summed E-state index contributed by atoms with van der Waals surface area (Å²) in [5, 5.41) is 2.79. The number of alkyl halides is 3. The lowest BCUT2D eigenvalue weighted by Crippen LogP contribution is -2.12. The zero-order chi connectivity index (χ0) is 30.1. The van der Waals surface area contributed by atoms with Gasteiger partial charge in [0.2, 0.25) is 10.0 Å². The Morgan fingerprint density at radius 3 is 2.41 bits per heavy atom. The lowest BCUT2D eigenvalue weighted by Gasteiger charge is -2.13. The summed E-state index contributed by atoms with van der Waals surface area (Å²) in [4.78, 5) is 17.8. The molecule has 0 bridgehead atoms. The minimum absolute atomic E-state index is 0.106. The van der Waals surface area contributed by atoms with Crippen molar-refractivity contribution < 1.29 is 39.9 Å². The van der Waals surface area contributed by atoms with Crippen molar-refractivity contribution in [2.24, 2.45) is 0 Å². The van der Waals surface area contributed by atoms with E-state index in [0.717, 1.165) is 42.0 Å². The van der Waals surface area contributed by atoms with Crippen molar-refractivity contribution in [1.29, 1.82) is 0 Å². The maximum absolute atomic E-state index is 14.1. The molecule has 2 N–H and O–H groups in total. The Balaban J connectivity index is 1.59. The van der Waals surface area contributed by atoms with Gasteiger partial charge in [-0.25, -0.2) is 22.2 Å². The van der Waals surface area contributed by atoms with E-state index in [2.05, 4.69) is 15.0 Å². The Bertz CT molecular complexity index is 1740. The second-order valence-electron chi connectivity index (χ2n) is 8.77. The first-order valence-corrected chi connectivity index (χ1v) is 14.5. The number of aromatic nitrogens is 1. The number of halogens is 6. The van der Waals surface area contributed by atoms with Crippen LogP contribution in [-0.4, -0.2) is 25.6 Å². The molecule has 216 valence electrons. The van der Waals surface area contributed by atoms with E-state index in [4.69, 9.17) is 16.3 Å². The van der Waals surface area contributed by atoms with E-state index in [1.54, 1.807) is 6.92 Å². The summed E-state index contributed by atoms with van der Waals surface area (Å²) in [6.07, 6.45) is -2.91. The molecule has 1 amide bonds. The number of ether oxygens (including phenoxy) is 1. The molecule has 0 saturated heterocycles. The number of hydrogen-bond donors (Lipinski definition) is 2. The molecule has 0 aliphatic carbocycles. The highest BCUT2D eigenvalue weighted by Crippen LogP contribution is 2.37. The number of nitrogens with zero attached hydrogens (tertiary/aromatic N) is 1. The van der Waals surface area contributed by atoms with Crippen LogP contribution >= 0.6 is 22.9 Å². The highest BCUT2D eigenvalue weighted by atomic mass is 35.5. The summed E-state index contributed by atoms with van der Waals surface area (Å²) in [7, 11) is -3.60. The molecule has 2 aromatic heterocycles. The first-order valence-electron chi connectivity index (χ1n) is 11.4. The average Bonchev–Trinajstić information content (AvgIpc) is 3.22. The molecule has 0 spiro atoms. The molecular weight excluding hydrogens is 613 g/mol. The minimum atomic E-state index is -4.77. The summed E-state index contributed by atoms with van der Waals surface area (Å²) in [6.45, 7) is 1.15. The number of pyridine rings is 1. The number of anilines is 2. The Hall–Kier alpha value is -3.75. The van der Waals surface area contributed by atoms with Crippen LogP contribution in [0.3, 0.4) is 0 Å². The van der Waals surface area contributed by atoms with E-state index in [9.17, 15) is 35.2 Å². The second-order valence-corrected chi connectivity index (χ2v) is 12.2. The summed E-state index contributed by atoms with van der Waals surface area (Å²) in [5.74, 6) is -2.61. The molecule has 0 aliphatic rings. The summed E-state index contributed by atoms with van der Waals surface area (Å²) < 4.78 is 98.0. The second kappa shape index (κ2) is 11.6. The smallest absolute Gasteiger partial charge is 0.416 e. The molecule has 7 nitrogen and oxygen atoms in total. The molecule has 15 heteroatoms. The van der Waals surface area contributed by atoms with Crippen LogP contribution < -0.4 is 14.8 Å². The Labute approximate surface area is 240 Å². The highest BCUT2D eigenvalue weighted by Gasteiger charge is 2.31. The fourth-order valence-corrected chi connectivity index (χ4v) is 5.45. The highest BCUT2D eigenvalue weighted by molar-refractivity contribution is 7.92. The molecule has 0 saturated carbocycles. The first kappa shape index (κ1) is 30.2. The van der Waals surface area contributed by atoms with Crippen LogP contribution in [0.1, 0.15) is 25.7 Å². The molecular formula is C26H19ClF5N3O4S2. The normalized spacial score (nSPS) is 11.8. The molecule has 4 rings (SSSR count). The molecule has 2 heterocycles. The van der Waals surface area contributed by atoms with Crippen molar-refractivity contribution >= 4 is 50.2 Å². The number of carbonyl (C=O) groups excluding carboxylic acids is 1. The number of carbonyl (C=O) groups is 1. The predicted octanol–water partition coefficient (Wildman–Crippen LogP) is 7.27. The third-order valence-corrected chi connectivity index (χ3v) is 7.23. The number of rotatable bonds is 8. The average molecular weight is 632 g/mol. The van der Waals surface area contributed by atoms with E-state index in [1.165, 1.54) is 24.3 Å². The van der Waals surface area contributed by atoms with Gasteiger partial charge >= 0.3 is 6.18 Å². The van der Waals surface area contributed by atoms with E-state index < -0.39 is 45.9 Å². The van der Waals surface area contributed by atoms with Crippen molar-refractivity contribution in [3.8, 4) is 17.0 Å². The van der Waals surface area contributed by atoms with Crippen LogP contribution in [0.25, 0.3) is 11.3 Å². The Morgan fingerprint density at radius 2 is 1.73 bits per heavy atom. The fraction of sp³-hybridized carbons (Fsp3) is 0.154. The Morgan fingerprint density at radius 1 is 1.02 bits per heavy atom. The third kappa shape index (κ3) is 7.93. The van der Waals surface area contributed by atoms with Crippen LogP contribution in [0.4, 0.5) is 33.3 Å². The SMILES string of the molecule is Cc1sc(C(=O)Nc2cc(Cl)cc(NS(C)(=O)=O)c2)cc1-c1ncc(F)cc1OCc1cc(F)cc(C(F)(F)F)c1. The maximum atomic E-state index is 14.1. The molecule has 2 aromatic carbocycles. The molecule has 0 unspecified atom stereocenters. The predicted molar refractivity (Wildman–Crippen MR) is 146 cm³/mol. The topological polar surface area (TPSA) is 97.4 Å². The van der Waals surface area contributed by atoms with Gasteiger partial charge in [0, 0.05) is 27.2 Å². The van der Waals surface area contributed by atoms with Gasteiger partial charge in [0.15, 0.2) is 0 Å². The van der Waals surface area contributed by atoms with Crippen LogP contribution in [0.15, 0.2) is 54.7 Å². The monoisotopic (exact) mass is 631 g/mol. The lowest BCUT2D eigenvalue weighted by molar-refractivity contribution is -0.137. The van der Waals surface area contributed by atoms with Crippen LogP contribution in [0.2, 0.25) is 5.02 Å². The van der Waals surface area contributed by atoms with Crippen molar-refractivity contribution in [2.45, 2.75) is 19.7 Å². The zero-order valence-corrected chi connectivity index (χ0v) is 23.5. The summed E-state index contributed by atoms with van der Waals surface area (Å²) in [6, 6.07) is 8.54. The molecule has 4 aromatic rings. The first-order chi connectivity index (χ1) is 19.1. The maximum Gasteiger partial charge on any atom is 0.416 e. The summed E-state index contributed by atoms with van der Waals surface area (Å²) in [5.41, 5.74) is -0.502. The molecule has 0 aliphatic heterocycles. The van der Waals surface area contributed by atoms with Crippen molar-refractivity contribution in [2.75, 3.05) is 16.3 Å². The van der Waals surface area contributed by atoms with Gasteiger partial charge in [-0.1, -0.05) is 11.6 Å². The number of thiophene rings is 1. The van der Waals surface area contributed by atoms with Gasteiger partial charge < -0.3 is 10.1 Å². The number of nitrogens with one attached hydrogen (secondary N) is 2. The zero-order valence-electron chi connectivity index (χ0n) is 21.1. The van der Waals surface area contributed by atoms with Gasteiger partial charge in [-0.05, 0) is 55.0 Å². The largest absolute Gasteiger partial charge is 0.487 e. The van der Waals surface area contributed by atoms with Gasteiger partial charge in [-0.15, -0.1) is 11.3 Å². The van der Waals surface area contributed by atoms with Gasteiger partial charge in [0.25, 0.3) is 5.91 Å². The minimum Gasteiger partial charge on any atom is -0.487 e. The van der Waals surface area contributed by atoms with Crippen molar-refractivity contribution in [3.63, 3.8) is 0 Å². The van der Waals surface area contributed by atoms with Gasteiger partial charge in [0.05, 0.1) is 28.6 Å². The van der Waals surface area contributed by atoms with E-state index >= 15 is 0 Å². The van der Waals surface area contributed by atoms with Crippen LogP contribution in [0.5, 0.6) is 5.75 Å². The van der Waals surface area contributed by atoms with Crippen LogP contribution in [-0.2, 0) is 22.8 Å². The lowest BCUT2D eigenvalue weighted by atomic mass is 10.1.